The molecule has 0 saturated carbocycles. The number of ether oxygens (including phenoxy) is 3. The largest absolute Gasteiger partial charge is 0.366 e. The molecule has 0 radical (unpaired) electrons. The molecule has 1 aromatic rings. The molecule has 2 N–H and O–H groups in total. The Balaban J connectivity index is 1.25. The highest BCUT2D eigenvalue weighted by molar-refractivity contribution is 7.41. The van der Waals surface area contributed by atoms with Crippen LogP contribution in [-0.4, -0.2) is 54.3 Å². The molecule has 1 aromatic carbocycles. The molecule has 4 aliphatic rings. The van der Waals surface area contributed by atoms with E-state index in [1.54, 1.807) is 11.1 Å². The summed E-state index contributed by atoms with van der Waals surface area (Å²) in [7, 11) is -1.78. The van der Waals surface area contributed by atoms with Crippen LogP contribution in [0.15, 0.2) is 42.2 Å². The van der Waals surface area contributed by atoms with E-state index >= 15 is 0 Å². The van der Waals surface area contributed by atoms with Crippen LogP contribution in [0.5, 0.6) is 0 Å². The van der Waals surface area contributed by atoms with Crippen molar-refractivity contribution in [1.82, 2.24) is 4.90 Å². The molecule has 12 heteroatoms. The van der Waals surface area contributed by atoms with Gasteiger partial charge in [-0.2, -0.15) is 0 Å². The van der Waals surface area contributed by atoms with Crippen LogP contribution in [0.25, 0.3) is 0 Å². The van der Waals surface area contributed by atoms with Crippen LogP contribution in [0.2, 0.25) is 0 Å². The Morgan fingerprint density at radius 2 is 1.97 bits per heavy atom. The van der Waals surface area contributed by atoms with E-state index < -0.39 is 62.6 Å². The Bertz CT molecular complexity index is 1020. The zero-order chi connectivity index (χ0) is 24.7. The number of benzene rings is 1. The summed E-state index contributed by atoms with van der Waals surface area (Å²) in [6.07, 6.45) is 3.65. The fraction of sp³-hybridized carbons (Fsp3) is 0.522. The lowest BCUT2D eigenvalue weighted by Gasteiger charge is -2.31. The Hall–Kier alpha value is -1.98. The van der Waals surface area contributed by atoms with Crippen LogP contribution >= 0.6 is 8.60 Å². The fourth-order valence-corrected chi connectivity index (χ4v) is 5.70. The summed E-state index contributed by atoms with van der Waals surface area (Å²) in [6.45, 7) is 4.03. The van der Waals surface area contributed by atoms with E-state index in [9.17, 15) is 13.6 Å². The minimum atomic E-state index is -1.78. The van der Waals surface area contributed by atoms with Crippen molar-refractivity contribution in [2.75, 3.05) is 13.2 Å². The number of halogens is 2. The molecule has 1 amide bonds. The number of amides is 1. The molecule has 0 bridgehead atoms. The van der Waals surface area contributed by atoms with Crippen molar-refractivity contribution in [3.8, 4) is 0 Å². The molecule has 0 spiro atoms. The standard InChI is InChI=1S/C23H27F2N2O7P/c1-23(2)32-19-18(31-22(20(19)33-23)27-6-3-4-13(11-27)21(26)28)12-30-35-29-7-5-17(34-35)14-8-15(24)10-16(25)9-14/h3,6,8-11,17-20,22H,4-5,7,12H2,1-2H3,(H2,26,28)/t17?,18?,19-,20-,22-,35?/m1/s1. The topological polar surface area (TPSA) is 102 Å². The number of nitrogens with two attached hydrogens (primary N) is 1. The van der Waals surface area contributed by atoms with E-state index in [4.69, 9.17) is 33.5 Å². The van der Waals surface area contributed by atoms with Gasteiger partial charge in [-0.25, -0.2) is 8.78 Å². The lowest BCUT2D eigenvalue weighted by molar-refractivity contribution is -0.201. The first kappa shape index (κ1) is 24.7. The van der Waals surface area contributed by atoms with Gasteiger partial charge in [-0.1, -0.05) is 6.08 Å². The summed E-state index contributed by atoms with van der Waals surface area (Å²) < 4.78 is 63.1. The van der Waals surface area contributed by atoms with E-state index in [0.29, 0.717) is 30.6 Å². The first-order valence-corrected chi connectivity index (χ1v) is 12.4. The molecule has 35 heavy (non-hydrogen) atoms. The van der Waals surface area contributed by atoms with E-state index in [2.05, 4.69) is 0 Å². The zero-order valence-corrected chi connectivity index (χ0v) is 20.2. The van der Waals surface area contributed by atoms with Crippen molar-refractivity contribution in [3.63, 3.8) is 0 Å². The number of hydrogen-bond acceptors (Lipinski definition) is 8. The van der Waals surface area contributed by atoms with Crippen molar-refractivity contribution >= 4 is 14.5 Å². The van der Waals surface area contributed by atoms with Crippen LogP contribution in [0.1, 0.15) is 38.4 Å². The first-order chi connectivity index (χ1) is 16.7. The van der Waals surface area contributed by atoms with Crippen LogP contribution < -0.4 is 5.73 Å². The van der Waals surface area contributed by atoms with Crippen molar-refractivity contribution in [2.24, 2.45) is 5.73 Å². The number of rotatable bonds is 6. The third-order valence-electron chi connectivity index (χ3n) is 6.05. The highest BCUT2D eigenvalue weighted by atomic mass is 31.2. The number of allylic oxidation sites excluding steroid dienone is 1. The van der Waals surface area contributed by atoms with Crippen LogP contribution in [0.3, 0.4) is 0 Å². The highest BCUT2D eigenvalue weighted by Gasteiger charge is 2.56. The van der Waals surface area contributed by atoms with E-state index in [-0.39, 0.29) is 6.61 Å². The van der Waals surface area contributed by atoms with Crippen LogP contribution in [0.4, 0.5) is 8.78 Å². The minimum Gasteiger partial charge on any atom is -0.366 e. The average molecular weight is 512 g/mol. The van der Waals surface area contributed by atoms with Crippen molar-refractivity contribution in [3.05, 3.63) is 59.4 Å². The summed E-state index contributed by atoms with van der Waals surface area (Å²) >= 11 is 0. The molecule has 0 aromatic heterocycles. The number of primary amides is 1. The van der Waals surface area contributed by atoms with E-state index in [0.717, 1.165) is 6.07 Å². The number of nitrogens with zero attached hydrogens (tertiary/aromatic N) is 1. The second-order valence-corrected chi connectivity index (χ2v) is 10.3. The molecule has 0 aliphatic carbocycles. The van der Waals surface area contributed by atoms with Gasteiger partial charge in [-0.15, -0.1) is 0 Å². The molecule has 5 rings (SSSR count). The van der Waals surface area contributed by atoms with Crippen molar-refractivity contribution < 1.29 is 41.4 Å². The summed E-state index contributed by atoms with van der Waals surface area (Å²) in [5.74, 6) is -2.67. The Morgan fingerprint density at radius 1 is 1.23 bits per heavy atom. The smallest absolute Gasteiger partial charge is 0.333 e. The lowest BCUT2D eigenvalue weighted by Crippen LogP contribution is -2.40. The molecule has 190 valence electrons. The third kappa shape index (κ3) is 5.41. The molecule has 3 saturated heterocycles. The molecule has 4 aliphatic heterocycles. The predicted molar refractivity (Wildman–Crippen MR) is 119 cm³/mol. The van der Waals surface area contributed by atoms with Crippen LogP contribution in [0, 0.1) is 11.6 Å². The summed E-state index contributed by atoms with van der Waals surface area (Å²) in [4.78, 5) is 13.4. The van der Waals surface area contributed by atoms with Gasteiger partial charge in [0.15, 0.2) is 12.0 Å². The number of carbonyl (C=O) groups is 1. The van der Waals surface area contributed by atoms with Gasteiger partial charge < -0.3 is 38.4 Å². The monoisotopic (exact) mass is 512 g/mol. The molecule has 6 atom stereocenters. The number of hydrogen-bond donors (Lipinski definition) is 1. The average Bonchev–Trinajstić information content (AvgIpc) is 3.30. The Morgan fingerprint density at radius 3 is 2.71 bits per heavy atom. The number of carbonyl (C=O) groups excluding carboxylic acids is 1. The van der Waals surface area contributed by atoms with Crippen molar-refractivity contribution in [1.29, 1.82) is 0 Å². The third-order valence-corrected chi connectivity index (χ3v) is 7.23. The zero-order valence-electron chi connectivity index (χ0n) is 19.3. The van der Waals surface area contributed by atoms with E-state index in [1.165, 1.54) is 12.1 Å². The van der Waals surface area contributed by atoms with Crippen molar-refractivity contribution in [2.45, 2.75) is 63.1 Å². The summed E-state index contributed by atoms with van der Waals surface area (Å²) in [5.41, 5.74) is 6.30. The van der Waals surface area contributed by atoms with Gasteiger partial charge in [-0.05, 0) is 38.0 Å². The lowest BCUT2D eigenvalue weighted by atomic mass is 10.1. The molecular weight excluding hydrogens is 485 g/mol. The normalized spacial score (nSPS) is 34.1. The predicted octanol–water partition coefficient (Wildman–Crippen LogP) is 3.52. The van der Waals surface area contributed by atoms with Gasteiger partial charge in [0.1, 0.15) is 29.9 Å². The van der Waals surface area contributed by atoms with Gasteiger partial charge in [0, 0.05) is 30.5 Å². The SMILES string of the molecule is CC1(C)O[C@@H]2[C@H](O1)C(COP1OCCC(c3cc(F)cc(F)c3)O1)O[C@H]2N1C=CCC(C(N)=O)=C1. The first-order valence-electron chi connectivity index (χ1n) is 11.3. The van der Waals surface area contributed by atoms with Crippen LogP contribution in [-0.2, 0) is 32.6 Å². The van der Waals surface area contributed by atoms with Gasteiger partial charge in [0.25, 0.3) is 0 Å². The second-order valence-electron chi connectivity index (χ2n) is 9.12. The van der Waals surface area contributed by atoms with Gasteiger partial charge >= 0.3 is 8.60 Å². The maximum atomic E-state index is 13.6. The molecule has 9 nitrogen and oxygen atoms in total. The summed E-state index contributed by atoms with van der Waals surface area (Å²) in [5, 5.41) is 0. The molecule has 3 unspecified atom stereocenters. The minimum absolute atomic E-state index is 0.0803. The van der Waals surface area contributed by atoms with E-state index in [1.807, 2.05) is 26.1 Å². The Labute approximate surface area is 202 Å². The van der Waals surface area contributed by atoms with Gasteiger partial charge in [0.2, 0.25) is 5.91 Å². The molecule has 3 fully saturated rings. The summed E-state index contributed by atoms with van der Waals surface area (Å²) in [6, 6.07) is 3.30. The highest BCUT2D eigenvalue weighted by Crippen LogP contribution is 2.50. The fourth-order valence-electron chi connectivity index (χ4n) is 4.54. The maximum absolute atomic E-state index is 13.6. The number of fused-ring (bicyclic) bond motifs is 1. The maximum Gasteiger partial charge on any atom is 0.333 e. The Kier molecular flexibility index (Phi) is 6.93. The quantitative estimate of drug-likeness (QED) is 0.578. The van der Waals surface area contributed by atoms with Gasteiger partial charge in [-0.3, -0.25) is 4.79 Å². The molecular formula is C23H27F2N2O7P. The second kappa shape index (κ2) is 9.82. The molecule has 4 heterocycles. The van der Waals surface area contributed by atoms with Gasteiger partial charge in [0.05, 0.1) is 19.3 Å².